The number of hydrogen-bond donors (Lipinski definition) is 3. The highest BCUT2D eigenvalue weighted by Gasteiger charge is 2.43. The van der Waals surface area contributed by atoms with Crippen LogP contribution in [0.25, 0.3) is 0 Å². The molecule has 5 rings (SSSR count). The molecule has 0 spiro atoms. The summed E-state index contributed by atoms with van der Waals surface area (Å²) in [5.41, 5.74) is 1.62. The molecule has 386 valence electrons. The van der Waals surface area contributed by atoms with Crippen molar-refractivity contribution in [3.8, 4) is 17.6 Å². The van der Waals surface area contributed by atoms with Crippen LogP contribution in [0.5, 0.6) is 11.5 Å². The van der Waals surface area contributed by atoms with E-state index in [0.717, 1.165) is 59.6 Å². The van der Waals surface area contributed by atoms with Crippen LogP contribution in [0.3, 0.4) is 0 Å². The van der Waals surface area contributed by atoms with Gasteiger partial charge in [-0.1, -0.05) is 61.0 Å². The summed E-state index contributed by atoms with van der Waals surface area (Å²) in [6.45, 7) is 12.4. The summed E-state index contributed by atoms with van der Waals surface area (Å²) in [7, 11) is 1.67. The van der Waals surface area contributed by atoms with Crippen LogP contribution >= 0.6 is 20.3 Å². The SMILES string of the molecule is COc1ccc(C(OCC(COCCOCCOCCOCCCNC(=O)CCCC[C@@H]2SC[C@H]3NC(=O)N[C@@H]23)OP(OCCC#N)N(C(C)C)C(C)C)(c2ccccc2)c2ccc(OC)cc2)cc1. The first-order valence-electron chi connectivity index (χ1n) is 24.6. The summed E-state index contributed by atoms with van der Waals surface area (Å²) in [5.74, 6) is 2.46. The molecule has 2 heterocycles. The molecular weight excluding hydrogens is 934 g/mol. The summed E-state index contributed by atoms with van der Waals surface area (Å²) >= 11 is 1.90. The van der Waals surface area contributed by atoms with Gasteiger partial charge in [-0.2, -0.15) is 17.0 Å². The van der Waals surface area contributed by atoms with Gasteiger partial charge in [-0.25, -0.2) is 9.46 Å². The molecule has 0 aliphatic carbocycles. The van der Waals surface area contributed by atoms with Gasteiger partial charge in [-0.3, -0.25) is 4.79 Å². The van der Waals surface area contributed by atoms with Crippen LogP contribution in [-0.2, 0) is 43.1 Å². The second kappa shape index (κ2) is 31.4. The largest absolute Gasteiger partial charge is 0.497 e. The van der Waals surface area contributed by atoms with Gasteiger partial charge in [-0.05, 0) is 87.9 Å². The molecular formula is C52H76N5O11PS. The summed E-state index contributed by atoms with van der Waals surface area (Å²) in [6.07, 6.45) is 3.69. The monoisotopic (exact) mass is 1010 g/mol. The normalized spacial score (nSPS) is 17.5. The molecule has 5 atom stereocenters. The minimum absolute atomic E-state index is 0.0620. The molecule has 0 aromatic heterocycles. The van der Waals surface area contributed by atoms with E-state index < -0.39 is 20.2 Å². The zero-order valence-corrected chi connectivity index (χ0v) is 43.6. The minimum atomic E-state index is -1.63. The van der Waals surface area contributed by atoms with Gasteiger partial charge in [0.2, 0.25) is 5.91 Å². The van der Waals surface area contributed by atoms with Gasteiger partial charge in [0.1, 0.15) is 23.2 Å². The number of methoxy groups -OCH3 is 2. The maximum atomic E-state index is 12.3. The van der Waals surface area contributed by atoms with Crippen molar-refractivity contribution in [3.05, 3.63) is 95.6 Å². The van der Waals surface area contributed by atoms with E-state index >= 15 is 0 Å². The zero-order valence-electron chi connectivity index (χ0n) is 41.9. The highest BCUT2D eigenvalue weighted by Crippen LogP contribution is 2.48. The standard InChI is InChI=1S/C52H76N5O11PS/c1-39(2)57(40(3)4)69(67-29-12-26-53)68-46(37-66-52(41-14-8-7-9-15-41,42-18-22-44(60-5)23-19-42)43-20-24-45(61-6)25-21-43)36-65-35-34-64-33-32-63-31-30-62-28-13-27-54-49(58)17-11-10-16-48-50-47(38-70-48)55-51(59)56-50/h7-9,14-15,18-25,39-40,46-48,50H,10-13,16-17,27-38H2,1-6H3,(H,54,58)(H2,55,56,59)/t46?,47-,48+,50-,69?/m1/s1. The van der Waals surface area contributed by atoms with Gasteiger partial charge in [0.25, 0.3) is 8.53 Å². The third-order valence-corrected chi connectivity index (χ3v) is 15.5. The molecule has 2 saturated heterocycles. The van der Waals surface area contributed by atoms with E-state index in [4.69, 9.17) is 42.2 Å². The van der Waals surface area contributed by atoms with Crippen LogP contribution in [-0.4, -0.2) is 145 Å². The number of benzene rings is 3. The Bertz CT molecular complexity index is 1930. The number of thioether (sulfide) groups is 1. The average Bonchev–Trinajstić information content (AvgIpc) is 3.93. The molecule has 2 aliphatic rings. The summed E-state index contributed by atoms with van der Waals surface area (Å²) in [4.78, 5) is 23.9. The van der Waals surface area contributed by atoms with E-state index in [1.807, 2.05) is 78.5 Å². The van der Waals surface area contributed by atoms with Gasteiger partial charge in [-0.15, -0.1) is 0 Å². The second-order valence-corrected chi connectivity index (χ2v) is 20.3. The van der Waals surface area contributed by atoms with E-state index in [1.165, 1.54) is 0 Å². The number of fused-ring (bicyclic) bond motifs is 1. The van der Waals surface area contributed by atoms with E-state index in [0.29, 0.717) is 64.5 Å². The molecule has 0 saturated carbocycles. The van der Waals surface area contributed by atoms with E-state index in [1.54, 1.807) is 14.2 Å². The van der Waals surface area contributed by atoms with E-state index in [-0.39, 0.29) is 62.3 Å². The maximum Gasteiger partial charge on any atom is 0.315 e. The van der Waals surface area contributed by atoms with Crippen LogP contribution in [0.1, 0.15) is 82.9 Å². The Hall–Kier alpha value is -4.05. The van der Waals surface area contributed by atoms with Crippen molar-refractivity contribution in [2.24, 2.45) is 0 Å². The Kier molecular flexibility index (Phi) is 25.5. The molecule has 2 unspecified atom stereocenters. The number of nitriles is 1. The number of rotatable bonds is 36. The van der Waals surface area contributed by atoms with Gasteiger partial charge < -0.3 is 58.2 Å². The Morgan fingerprint density at radius 1 is 0.771 bits per heavy atom. The number of hydrogen-bond acceptors (Lipinski definition) is 14. The zero-order chi connectivity index (χ0) is 50.0. The summed E-state index contributed by atoms with van der Waals surface area (Å²) in [5, 5.41) is 18.8. The number of carbonyl (C=O) groups excluding carboxylic acids is 2. The molecule has 3 amide bonds. The van der Waals surface area contributed by atoms with Crippen LogP contribution < -0.4 is 25.4 Å². The first kappa shape index (κ1) is 56.9. The van der Waals surface area contributed by atoms with Crippen molar-refractivity contribution in [3.63, 3.8) is 0 Å². The summed E-state index contributed by atoms with van der Waals surface area (Å²) in [6, 6.07) is 28.7. The second-order valence-electron chi connectivity index (χ2n) is 17.6. The average molecular weight is 1010 g/mol. The highest BCUT2D eigenvalue weighted by atomic mass is 32.2. The number of ether oxygens (including phenoxy) is 7. The topological polar surface area (TPSA) is 180 Å². The van der Waals surface area contributed by atoms with Crippen molar-refractivity contribution < 1.29 is 51.8 Å². The fourth-order valence-corrected chi connectivity index (χ4v) is 11.7. The fourth-order valence-electron chi connectivity index (χ4n) is 8.46. The van der Waals surface area contributed by atoms with Crippen molar-refractivity contribution in [1.82, 2.24) is 20.6 Å². The smallest absolute Gasteiger partial charge is 0.315 e. The van der Waals surface area contributed by atoms with Crippen LogP contribution in [0, 0.1) is 11.3 Å². The quantitative estimate of drug-likeness (QED) is 0.0221. The van der Waals surface area contributed by atoms with Gasteiger partial charge in [0, 0.05) is 42.7 Å². The Balaban J connectivity index is 1.07. The van der Waals surface area contributed by atoms with Crippen molar-refractivity contribution in [1.29, 1.82) is 5.26 Å². The number of unbranched alkanes of at least 4 members (excludes halogenated alkanes) is 1. The first-order valence-corrected chi connectivity index (χ1v) is 26.8. The number of urea groups is 1. The predicted molar refractivity (Wildman–Crippen MR) is 273 cm³/mol. The van der Waals surface area contributed by atoms with Gasteiger partial charge in [0.05, 0.1) is 98.3 Å². The lowest BCUT2D eigenvalue weighted by atomic mass is 9.80. The molecule has 70 heavy (non-hydrogen) atoms. The van der Waals surface area contributed by atoms with Crippen molar-refractivity contribution >= 4 is 32.2 Å². The first-order chi connectivity index (χ1) is 34.1. The van der Waals surface area contributed by atoms with Gasteiger partial charge >= 0.3 is 6.03 Å². The molecule has 16 nitrogen and oxygen atoms in total. The Morgan fingerprint density at radius 2 is 1.36 bits per heavy atom. The van der Waals surface area contributed by atoms with E-state index in [2.05, 4.69) is 66.5 Å². The number of carbonyl (C=O) groups is 2. The molecule has 3 N–H and O–H groups in total. The predicted octanol–water partition coefficient (Wildman–Crippen LogP) is 7.97. The summed E-state index contributed by atoms with van der Waals surface area (Å²) < 4.78 is 57.3. The third kappa shape index (κ3) is 17.9. The number of nitrogens with zero attached hydrogens (tertiary/aromatic N) is 2. The molecule has 2 aliphatic heterocycles. The number of nitrogens with one attached hydrogen (secondary N) is 3. The van der Waals surface area contributed by atoms with Crippen LogP contribution in [0.15, 0.2) is 78.9 Å². The molecule has 3 aromatic rings. The Labute approximate surface area is 421 Å². The lowest BCUT2D eigenvalue weighted by Crippen LogP contribution is -2.39. The third-order valence-electron chi connectivity index (χ3n) is 11.8. The number of amides is 3. The lowest BCUT2D eigenvalue weighted by molar-refractivity contribution is -0.121. The molecule has 0 bridgehead atoms. The molecule has 2 fully saturated rings. The lowest BCUT2D eigenvalue weighted by Gasteiger charge is -2.39. The van der Waals surface area contributed by atoms with Crippen molar-refractivity contribution in [2.75, 3.05) is 92.6 Å². The van der Waals surface area contributed by atoms with Gasteiger partial charge in [0.15, 0.2) is 0 Å². The minimum Gasteiger partial charge on any atom is -0.497 e. The molecule has 18 heteroatoms. The van der Waals surface area contributed by atoms with Crippen molar-refractivity contribution in [2.45, 2.75) is 107 Å². The highest BCUT2D eigenvalue weighted by molar-refractivity contribution is 8.00. The van der Waals surface area contributed by atoms with Crippen LogP contribution in [0.2, 0.25) is 0 Å². The Morgan fingerprint density at radius 3 is 1.94 bits per heavy atom. The molecule has 3 aromatic carbocycles. The van der Waals surface area contributed by atoms with Crippen LogP contribution in [0.4, 0.5) is 4.79 Å². The molecule has 0 radical (unpaired) electrons. The fraction of sp³-hybridized carbons (Fsp3) is 0.596. The maximum absolute atomic E-state index is 12.3. The van der Waals surface area contributed by atoms with E-state index in [9.17, 15) is 14.9 Å².